The molecule has 7 heteroatoms. The van der Waals surface area contributed by atoms with Gasteiger partial charge in [-0.05, 0) is 48.7 Å². The number of amides is 1. The van der Waals surface area contributed by atoms with Gasteiger partial charge in [-0.15, -0.1) is 0 Å². The van der Waals surface area contributed by atoms with E-state index in [1.165, 1.54) is 0 Å². The molecule has 1 fully saturated rings. The first kappa shape index (κ1) is 17.1. The van der Waals surface area contributed by atoms with Gasteiger partial charge in [0.05, 0.1) is 4.90 Å². The lowest BCUT2D eigenvalue weighted by Gasteiger charge is -2.09. The highest BCUT2D eigenvalue weighted by Gasteiger charge is 2.29. The predicted molar refractivity (Wildman–Crippen MR) is 96.0 cm³/mol. The van der Waals surface area contributed by atoms with Gasteiger partial charge in [-0.1, -0.05) is 34.1 Å². The van der Waals surface area contributed by atoms with E-state index in [-0.39, 0.29) is 23.3 Å². The van der Waals surface area contributed by atoms with Crippen LogP contribution in [0.1, 0.15) is 18.4 Å². The Kier molecular flexibility index (Phi) is 5.03. The number of sulfonamides is 1. The van der Waals surface area contributed by atoms with Crippen LogP contribution in [0.5, 0.6) is 0 Å². The summed E-state index contributed by atoms with van der Waals surface area (Å²) < 4.78 is 27.8. The van der Waals surface area contributed by atoms with Crippen molar-refractivity contribution < 1.29 is 13.2 Å². The Morgan fingerprint density at radius 1 is 1.12 bits per heavy atom. The quantitative estimate of drug-likeness (QED) is 0.769. The SMILES string of the molecule is O=C(Nc1ccc(CNS(=O)(=O)c2cccc(Br)c2)cc1)C1CC1. The first-order valence-electron chi connectivity index (χ1n) is 7.59. The Balaban J connectivity index is 1.60. The molecule has 0 heterocycles. The fourth-order valence-corrected chi connectivity index (χ4v) is 3.81. The van der Waals surface area contributed by atoms with Crippen molar-refractivity contribution in [1.29, 1.82) is 0 Å². The molecule has 1 aliphatic rings. The Bertz CT molecular complexity index is 846. The van der Waals surface area contributed by atoms with Gasteiger partial charge in [-0.25, -0.2) is 13.1 Å². The number of nitrogens with one attached hydrogen (secondary N) is 2. The summed E-state index contributed by atoms with van der Waals surface area (Å²) in [5.74, 6) is 0.208. The minimum Gasteiger partial charge on any atom is -0.326 e. The molecule has 1 aliphatic carbocycles. The molecular formula is C17H17BrN2O3S. The summed E-state index contributed by atoms with van der Waals surface area (Å²) in [4.78, 5) is 11.9. The van der Waals surface area contributed by atoms with Crippen LogP contribution in [-0.4, -0.2) is 14.3 Å². The average Bonchev–Trinajstić information content (AvgIpc) is 3.39. The zero-order chi connectivity index (χ0) is 17.2. The van der Waals surface area contributed by atoms with Crippen molar-refractivity contribution in [1.82, 2.24) is 4.72 Å². The lowest BCUT2D eigenvalue weighted by atomic mass is 10.2. The Morgan fingerprint density at radius 3 is 2.46 bits per heavy atom. The average molecular weight is 409 g/mol. The molecule has 2 N–H and O–H groups in total. The number of benzene rings is 2. The fourth-order valence-electron chi connectivity index (χ4n) is 2.19. The molecule has 2 aromatic carbocycles. The Morgan fingerprint density at radius 2 is 1.83 bits per heavy atom. The van der Waals surface area contributed by atoms with Gasteiger partial charge in [-0.3, -0.25) is 4.79 Å². The number of carbonyl (C=O) groups is 1. The molecule has 0 atom stereocenters. The van der Waals surface area contributed by atoms with Crippen LogP contribution in [0.25, 0.3) is 0 Å². The second-order valence-electron chi connectivity index (χ2n) is 5.74. The molecule has 0 saturated heterocycles. The van der Waals surface area contributed by atoms with Gasteiger partial charge in [0.15, 0.2) is 0 Å². The maximum absolute atomic E-state index is 12.3. The lowest BCUT2D eigenvalue weighted by Crippen LogP contribution is -2.23. The molecule has 0 aliphatic heterocycles. The third-order valence-electron chi connectivity index (χ3n) is 3.74. The first-order chi connectivity index (χ1) is 11.4. The lowest BCUT2D eigenvalue weighted by molar-refractivity contribution is -0.117. The van der Waals surface area contributed by atoms with E-state index < -0.39 is 10.0 Å². The summed E-state index contributed by atoms with van der Waals surface area (Å²) in [6.45, 7) is 0.186. The molecule has 1 amide bonds. The van der Waals surface area contributed by atoms with Crippen LogP contribution in [0.4, 0.5) is 5.69 Å². The van der Waals surface area contributed by atoms with Crippen LogP contribution in [0.3, 0.4) is 0 Å². The highest BCUT2D eigenvalue weighted by Crippen LogP contribution is 2.30. The van der Waals surface area contributed by atoms with E-state index in [4.69, 9.17) is 0 Å². The van der Waals surface area contributed by atoms with Gasteiger partial charge in [0, 0.05) is 22.6 Å². The van der Waals surface area contributed by atoms with E-state index in [2.05, 4.69) is 26.0 Å². The topological polar surface area (TPSA) is 75.3 Å². The minimum absolute atomic E-state index is 0.0538. The van der Waals surface area contributed by atoms with E-state index in [1.807, 2.05) is 0 Å². The molecule has 3 rings (SSSR count). The van der Waals surface area contributed by atoms with Crippen LogP contribution >= 0.6 is 15.9 Å². The monoisotopic (exact) mass is 408 g/mol. The molecule has 1 saturated carbocycles. The van der Waals surface area contributed by atoms with Gasteiger partial charge >= 0.3 is 0 Å². The van der Waals surface area contributed by atoms with Crippen LogP contribution in [0.2, 0.25) is 0 Å². The maximum Gasteiger partial charge on any atom is 0.240 e. The third kappa shape index (κ3) is 4.43. The van der Waals surface area contributed by atoms with Crippen molar-refractivity contribution >= 4 is 37.5 Å². The molecule has 0 spiro atoms. The summed E-state index contributed by atoms with van der Waals surface area (Å²) in [5, 5.41) is 2.85. The second-order valence-corrected chi connectivity index (χ2v) is 8.43. The normalized spacial score (nSPS) is 14.4. The second kappa shape index (κ2) is 7.04. The van der Waals surface area contributed by atoms with Gasteiger partial charge in [-0.2, -0.15) is 0 Å². The molecule has 0 unspecified atom stereocenters. The molecule has 0 bridgehead atoms. The van der Waals surface area contributed by atoms with Gasteiger partial charge < -0.3 is 5.32 Å². The van der Waals surface area contributed by atoms with Gasteiger partial charge in [0.1, 0.15) is 0 Å². The highest BCUT2D eigenvalue weighted by molar-refractivity contribution is 9.10. The molecule has 0 aromatic heterocycles. The molecule has 24 heavy (non-hydrogen) atoms. The Hall–Kier alpha value is -1.70. The maximum atomic E-state index is 12.3. The number of anilines is 1. The fraction of sp³-hybridized carbons (Fsp3) is 0.235. The molecule has 0 radical (unpaired) electrons. The molecule has 5 nitrogen and oxygen atoms in total. The van der Waals surface area contributed by atoms with Crippen molar-refractivity contribution in [3.8, 4) is 0 Å². The van der Waals surface area contributed by atoms with E-state index in [0.717, 1.165) is 24.1 Å². The van der Waals surface area contributed by atoms with E-state index >= 15 is 0 Å². The zero-order valence-corrected chi connectivity index (χ0v) is 15.2. The Labute approximate surface area is 149 Å². The van der Waals surface area contributed by atoms with Gasteiger partial charge in [0.2, 0.25) is 15.9 Å². The number of hydrogen-bond donors (Lipinski definition) is 2. The standard InChI is InChI=1S/C17H17BrN2O3S/c18-14-2-1-3-16(10-14)24(22,23)19-11-12-4-8-15(9-5-12)20-17(21)13-6-7-13/h1-5,8-10,13,19H,6-7,11H2,(H,20,21). The summed E-state index contributed by atoms with van der Waals surface area (Å²) in [6, 6.07) is 13.7. The van der Waals surface area contributed by atoms with Crippen molar-refractivity contribution in [3.05, 3.63) is 58.6 Å². The number of hydrogen-bond acceptors (Lipinski definition) is 3. The summed E-state index contributed by atoms with van der Waals surface area (Å²) in [6.07, 6.45) is 1.92. The minimum atomic E-state index is -3.56. The highest BCUT2D eigenvalue weighted by atomic mass is 79.9. The van der Waals surface area contributed by atoms with Crippen LogP contribution in [0, 0.1) is 5.92 Å². The van der Waals surface area contributed by atoms with Crippen molar-refractivity contribution in [2.24, 2.45) is 5.92 Å². The van der Waals surface area contributed by atoms with Crippen LogP contribution in [-0.2, 0) is 21.4 Å². The van der Waals surface area contributed by atoms with Gasteiger partial charge in [0.25, 0.3) is 0 Å². The van der Waals surface area contributed by atoms with E-state index in [9.17, 15) is 13.2 Å². The third-order valence-corrected chi connectivity index (χ3v) is 5.63. The largest absolute Gasteiger partial charge is 0.326 e. The zero-order valence-electron chi connectivity index (χ0n) is 12.8. The number of carbonyl (C=O) groups excluding carboxylic acids is 1. The summed E-state index contributed by atoms with van der Waals surface area (Å²) >= 11 is 3.27. The summed E-state index contributed by atoms with van der Waals surface area (Å²) in [5.41, 5.74) is 1.54. The van der Waals surface area contributed by atoms with E-state index in [1.54, 1.807) is 48.5 Å². The predicted octanol–water partition coefficient (Wildman–Crippen LogP) is 3.28. The molecule has 126 valence electrons. The van der Waals surface area contributed by atoms with Crippen LogP contribution in [0.15, 0.2) is 57.9 Å². The van der Waals surface area contributed by atoms with Crippen LogP contribution < -0.4 is 10.0 Å². The first-order valence-corrected chi connectivity index (χ1v) is 9.87. The molecule has 2 aromatic rings. The van der Waals surface area contributed by atoms with E-state index in [0.29, 0.717) is 4.47 Å². The van der Waals surface area contributed by atoms with Crippen molar-refractivity contribution in [2.45, 2.75) is 24.3 Å². The summed E-state index contributed by atoms with van der Waals surface area (Å²) in [7, 11) is -3.56. The molecular weight excluding hydrogens is 392 g/mol. The number of halogens is 1. The van der Waals surface area contributed by atoms with Crippen molar-refractivity contribution in [2.75, 3.05) is 5.32 Å². The number of rotatable bonds is 6. The smallest absolute Gasteiger partial charge is 0.240 e. The van der Waals surface area contributed by atoms with Crippen molar-refractivity contribution in [3.63, 3.8) is 0 Å².